The second-order valence-electron chi connectivity index (χ2n) is 6.53. The average Bonchev–Trinajstić information content (AvgIpc) is 3.17. The van der Waals surface area contributed by atoms with E-state index in [0.717, 1.165) is 37.6 Å². The quantitative estimate of drug-likeness (QED) is 0.810. The van der Waals surface area contributed by atoms with Gasteiger partial charge in [-0.05, 0) is 56.4 Å². The average molecular weight is 342 g/mol. The molecule has 25 heavy (non-hydrogen) atoms. The third kappa shape index (κ3) is 5.06. The van der Waals surface area contributed by atoms with Gasteiger partial charge in [0.1, 0.15) is 6.04 Å². The van der Waals surface area contributed by atoms with E-state index in [9.17, 15) is 4.79 Å². The van der Waals surface area contributed by atoms with E-state index in [1.54, 1.807) is 17.1 Å². The number of aromatic nitrogens is 2. The van der Waals surface area contributed by atoms with E-state index in [2.05, 4.69) is 15.7 Å². The minimum absolute atomic E-state index is 0.0831. The van der Waals surface area contributed by atoms with Crippen LogP contribution in [0.25, 0.3) is 0 Å². The summed E-state index contributed by atoms with van der Waals surface area (Å²) in [5, 5.41) is 10.5. The van der Waals surface area contributed by atoms with E-state index in [-0.39, 0.29) is 11.9 Å². The summed E-state index contributed by atoms with van der Waals surface area (Å²) in [6.07, 6.45) is 6.99. The van der Waals surface area contributed by atoms with Crippen LogP contribution < -0.4 is 10.6 Å². The first-order valence-corrected chi connectivity index (χ1v) is 8.94. The summed E-state index contributed by atoms with van der Waals surface area (Å²) in [5.41, 5.74) is 1.80. The number of ether oxygens (including phenoxy) is 1. The monoisotopic (exact) mass is 342 g/mol. The lowest BCUT2D eigenvalue weighted by molar-refractivity contribution is -0.119. The van der Waals surface area contributed by atoms with E-state index in [1.807, 2.05) is 37.3 Å². The molecule has 1 aliphatic rings. The number of nitrogens with one attached hydrogen (secondary N) is 2. The van der Waals surface area contributed by atoms with Crippen LogP contribution in [0.3, 0.4) is 0 Å². The van der Waals surface area contributed by atoms with E-state index >= 15 is 0 Å². The van der Waals surface area contributed by atoms with Crippen molar-refractivity contribution < 1.29 is 9.53 Å². The van der Waals surface area contributed by atoms with Crippen molar-refractivity contribution in [2.75, 3.05) is 30.4 Å². The summed E-state index contributed by atoms with van der Waals surface area (Å²) in [7, 11) is 0. The van der Waals surface area contributed by atoms with Gasteiger partial charge in [-0.3, -0.25) is 9.48 Å². The Balaban J connectivity index is 1.49. The van der Waals surface area contributed by atoms with E-state index in [4.69, 9.17) is 4.74 Å². The molecule has 6 heteroatoms. The van der Waals surface area contributed by atoms with Gasteiger partial charge in [0.05, 0.1) is 0 Å². The molecule has 6 nitrogen and oxygen atoms in total. The Morgan fingerprint density at radius 3 is 3.04 bits per heavy atom. The fraction of sp³-hybridized carbons (Fsp3) is 0.474. The van der Waals surface area contributed by atoms with Crippen LogP contribution in [0.2, 0.25) is 0 Å². The number of hydrogen-bond donors (Lipinski definition) is 2. The molecular formula is C19H26N4O2. The Labute approximate surface area is 148 Å². The van der Waals surface area contributed by atoms with Crippen LogP contribution in [0.5, 0.6) is 0 Å². The van der Waals surface area contributed by atoms with Crippen molar-refractivity contribution in [3.8, 4) is 0 Å². The highest BCUT2D eigenvalue weighted by Gasteiger charge is 2.15. The first kappa shape index (κ1) is 17.5. The Hall–Kier alpha value is -2.34. The number of carbonyl (C=O) groups excluding carboxylic acids is 1. The van der Waals surface area contributed by atoms with Gasteiger partial charge in [0.15, 0.2) is 0 Å². The molecule has 2 atom stereocenters. The summed E-state index contributed by atoms with van der Waals surface area (Å²) < 4.78 is 7.16. The third-order valence-corrected chi connectivity index (χ3v) is 4.57. The number of anilines is 2. The van der Waals surface area contributed by atoms with Crippen molar-refractivity contribution in [3.05, 3.63) is 42.7 Å². The predicted molar refractivity (Wildman–Crippen MR) is 98.7 cm³/mol. The minimum Gasteiger partial charge on any atom is -0.385 e. The smallest absolute Gasteiger partial charge is 0.248 e. The molecule has 2 aromatic rings. The van der Waals surface area contributed by atoms with Gasteiger partial charge in [-0.15, -0.1) is 0 Å². The normalized spacial score (nSPS) is 18.5. The van der Waals surface area contributed by atoms with E-state index in [0.29, 0.717) is 5.92 Å². The van der Waals surface area contributed by atoms with Gasteiger partial charge in [0.25, 0.3) is 0 Å². The number of carbonyl (C=O) groups is 1. The Morgan fingerprint density at radius 1 is 1.40 bits per heavy atom. The van der Waals surface area contributed by atoms with Crippen LogP contribution in [-0.2, 0) is 9.53 Å². The SMILES string of the molecule is CC(C(=O)Nc1cccc(NCCC2CCCOC2)c1)n1cccn1. The van der Waals surface area contributed by atoms with Crippen LogP contribution in [0.15, 0.2) is 42.7 Å². The zero-order chi connectivity index (χ0) is 17.5. The fourth-order valence-electron chi connectivity index (χ4n) is 3.04. The molecule has 2 heterocycles. The maximum atomic E-state index is 12.3. The summed E-state index contributed by atoms with van der Waals surface area (Å²) in [6.45, 7) is 4.53. The van der Waals surface area contributed by atoms with Crippen molar-refractivity contribution in [3.63, 3.8) is 0 Å². The summed E-state index contributed by atoms with van der Waals surface area (Å²) in [4.78, 5) is 12.3. The molecule has 0 aliphatic carbocycles. The van der Waals surface area contributed by atoms with Gasteiger partial charge >= 0.3 is 0 Å². The number of nitrogens with zero attached hydrogens (tertiary/aromatic N) is 2. The first-order chi connectivity index (χ1) is 12.2. The number of benzene rings is 1. The van der Waals surface area contributed by atoms with Crippen LogP contribution in [0.4, 0.5) is 11.4 Å². The van der Waals surface area contributed by atoms with E-state index in [1.165, 1.54) is 12.8 Å². The van der Waals surface area contributed by atoms with Crippen LogP contribution >= 0.6 is 0 Å². The zero-order valence-corrected chi connectivity index (χ0v) is 14.6. The van der Waals surface area contributed by atoms with Crippen molar-refractivity contribution >= 4 is 17.3 Å². The lowest BCUT2D eigenvalue weighted by Gasteiger charge is -2.22. The highest BCUT2D eigenvalue weighted by atomic mass is 16.5. The molecule has 1 aromatic carbocycles. The van der Waals surface area contributed by atoms with Crippen molar-refractivity contribution in [2.45, 2.75) is 32.2 Å². The maximum Gasteiger partial charge on any atom is 0.248 e. The molecule has 3 rings (SSSR count). The molecule has 134 valence electrons. The summed E-state index contributed by atoms with van der Waals surface area (Å²) >= 11 is 0. The zero-order valence-electron chi connectivity index (χ0n) is 14.6. The standard InChI is InChI=1S/C19H26N4O2/c1-15(23-11-4-9-21-23)19(24)22-18-7-2-6-17(13-18)20-10-8-16-5-3-12-25-14-16/h2,4,6-7,9,11,13,15-16,20H,3,5,8,10,12,14H2,1H3,(H,22,24). The molecule has 1 amide bonds. The van der Waals surface area contributed by atoms with Crippen molar-refractivity contribution in [1.29, 1.82) is 0 Å². The van der Waals surface area contributed by atoms with Gasteiger partial charge in [-0.25, -0.2) is 0 Å². The Bertz CT molecular complexity index is 666. The highest BCUT2D eigenvalue weighted by Crippen LogP contribution is 2.19. The lowest BCUT2D eigenvalue weighted by atomic mass is 9.99. The van der Waals surface area contributed by atoms with Gasteiger partial charge in [-0.1, -0.05) is 6.07 Å². The molecule has 1 saturated heterocycles. The largest absolute Gasteiger partial charge is 0.385 e. The van der Waals surface area contributed by atoms with Crippen LogP contribution in [-0.4, -0.2) is 35.4 Å². The molecule has 1 fully saturated rings. The molecule has 0 spiro atoms. The molecule has 0 bridgehead atoms. The Morgan fingerprint density at radius 2 is 2.28 bits per heavy atom. The molecule has 0 saturated carbocycles. The molecule has 0 radical (unpaired) electrons. The predicted octanol–water partition coefficient (Wildman–Crippen LogP) is 3.31. The van der Waals surface area contributed by atoms with Crippen LogP contribution in [0.1, 0.15) is 32.2 Å². The summed E-state index contributed by atoms with van der Waals surface area (Å²) in [6, 6.07) is 9.28. The first-order valence-electron chi connectivity index (χ1n) is 8.94. The van der Waals surface area contributed by atoms with Gasteiger partial charge < -0.3 is 15.4 Å². The second kappa shape index (κ2) is 8.67. The third-order valence-electron chi connectivity index (χ3n) is 4.57. The molecule has 2 unspecified atom stereocenters. The van der Waals surface area contributed by atoms with Crippen LogP contribution in [0, 0.1) is 5.92 Å². The molecule has 1 aliphatic heterocycles. The van der Waals surface area contributed by atoms with Crippen molar-refractivity contribution in [1.82, 2.24) is 9.78 Å². The van der Waals surface area contributed by atoms with E-state index < -0.39 is 0 Å². The van der Waals surface area contributed by atoms with Gasteiger partial charge in [-0.2, -0.15) is 5.10 Å². The van der Waals surface area contributed by atoms with Crippen molar-refractivity contribution in [2.24, 2.45) is 5.92 Å². The minimum atomic E-state index is -0.349. The fourth-order valence-corrected chi connectivity index (χ4v) is 3.04. The molecule has 2 N–H and O–H groups in total. The molecule has 1 aromatic heterocycles. The summed E-state index contributed by atoms with van der Waals surface area (Å²) in [5.74, 6) is 0.569. The lowest BCUT2D eigenvalue weighted by Crippen LogP contribution is -2.24. The topological polar surface area (TPSA) is 68.2 Å². The maximum absolute atomic E-state index is 12.3. The number of amides is 1. The number of hydrogen-bond acceptors (Lipinski definition) is 4. The van der Waals surface area contributed by atoms with Gasteiger partial charge in [0.2, 0.25) is 5.91 Å². The number of rotatable bonds is 7. The second-order valence-corrected chi connectivity index (χ2v) is 6.53. The molecular weight excluding hydrogens is 316 g/mol. The Kier molecular flexibility index (Phi) is 6.06. The highest BCUT2D eigenvalue weighted by molar-refractivity contribution is 5.93. The van der Waals surface area contributed by atoms with Gasteiger partial charge in [0, 0.05) is 43.5 Å².